The van der Waals surface area contributed by atoms with Crippen molar-refractivity contribution in [2.45, 2.75) is 26.0 Å². The highest BCUT2D eigenvalue weighted by molar-refractivity contribution is 6.33. The molecular formula is C20H25ClN4O3. The summed E-state index contributed by atoms with van der Waals surface area (Å²) in [6, 6.07) is 9.16. The van der Waals surface area contributed by atoms with Crippen molar-refractivity contribution in [2.75, 3.05) is 36.5 Å². The van der Waals surface area contributed by atoms with Crippen molar-refractivity contribution in [3.8, 4) is 0 Å². The lowest BCUT2D eigenvalue weighted by atomic mass is 10.1. The Morgan fingerprint density at radius 3 is 2.68 bits per heavy atom. The maximum absolute atomic E-state index is 12.6. The topological polar surface area (TPSA) is 88.9 Å². The van der Waals surface area contributed by atoms with E-state index < -0.39 is 6.10 Å². The van der Waals surface area contributed by atoms with Gasteiger partial charge in [0.15, 0.2) is 0 Å². The smallest absolute Gasteiger partial charge is 0.322 e. The van der Waals surface area contributed by atoms with Gasteiger partial charge in [0.25, 0.3) is 0 Å². The van der Waals surface area contributed by atoms with Crippen LogP contribution in [0.1, 0.15) is 24.2 Å². The molecule has 3 N–H and O–H groups in total. The normalized spacial score (nSPS) is 18.1. The first-order valence-corrected chi connectivity index (χ1v) is 9.60. The SMILES string of the molecule is Cc1ccc(NC(=O)N2CCN(c3ncc(C(O)CO)cc3Cl)C[C@H]2C)cc1. The fourth-order valence-electron chi connectivity index (χ4n) is 3.25. The molecule has 2 aromatic rings. The highest BCUT2D eigenvalue weighted by Crippen LogP contribution is 2.28. The van der Waals surface area contributed by atoms with E-state index in [0.29, 0.717) is 36.0 Å². The first-order valence-electron chi connectivity index (χ1n) is 9.22. The summed E-state index contributed by atoms with van der Waals surface area (Å²) in [5.41, 5.74) is 2.38. The van der Waals surface area contributed by atoms with E-state index in [9.17, 15) is 9.90 Å². The predicted octanol–water partition coefficient (Wildman–Crippen LogP) is 2.81. The molecule has 3 rings (SSSR count). The van der Waals surface area contributed by atoms with E-state index in [1.807, 2.05) is 43.0 Å². The average molecular weight is 405 g/mol. The van der Waals surface area contributed by atoms with Crippen molar-refractivity contribution in [3.63, 3.8) is 0 Å². The number of anilines is 2. The molecule has 2 heterocycles. The Morgan fingerprint density at radius 1 is 1.36 bits per heavy atom. The molecule has 1 aliphatic rings. The Morgan fingerprint density at radius 2 is 2.07 bits per heavy atom. The zero-order valence-electron chi connectivity index (χ0n) is 16.0. The van der Waals surface area contributed by atoms with Gasteiger partial charge >= 0.3 is 6.03 Å². The molecule has 1 aliphatic heterocycles. The number of hydrogen-bond acceptors (Lipinski definition) is 5. The molecule has 7 nitrogen and oxygen atoms in total. The zero-order valence-corrected chi connectivity index (χ0v) is 16.7. The van der Waals surface area contributed by atoms with Crippen molar-refractivity contribution in [1.82, 2.24) is 9.88 Å². The van der Waals surface area contributed by atoms with Crippen LogP contribution >= 0.6 is 11.6 Å². The number of nitrogens with one attached hydrogen (secondary N) is 1. The number of amides is 2. The number of aliphatic hydroxyl groups excluding tert-OH is 2. The van der Waals surface area contributed by atoms with Gasteiger partial charge in [-0.1, -0.05) is 29.3 Å². The molecule has 1 aromatic heterocycles. The number of pyridine rings is 1. The van der Waals surface area contributed by atoms with E-state index in [2.05, 4.69) is 10.3 Å². The summed E-state index contributed by atoms with van der Waals surface area (Å²) in [4.78, 5) is 20.8. The van der Waals surface area contributed by atoms with Gasteiger partial charge in [0.1, 0.15) is 11.9 Å². The molecule has 0 radical (unpaired) electrons. The second-order valence-corrected chi connectivity index (χ2v) is 7.46. The summed E-state index contributed by atoms with van der Waals surface area (Å²) in [5.74, 6) is 0.612. The lowest BCUT2D eigenvalue weighted by molar-refractivity contribution is 0.0953. The minimum Gasteiger partial charge on any atom is -0.393 e. The molecule has 8 heteroatoms. The van der Waals surface area contributed by atoms with Crippen LogP contribution in [0.15, 0.2) is 36.5 Å². The van der Waals surface area contributed by atoms with Crippen LogP contribution in [0.25, 0.3) is 0 Å². The van der Waals surface area contributed by atoms with Crippen LogP contribution in [0, 0.1) is 6.92 Å². The quantitative estimate of drug-likeness (QED) is 0.729. The maximum Gasteiger partial charge on any atom is 0.322 e. The number of carbonyl (C=O) groups excluding carboxylic acids is 1. The van der Waals surface area contributed by atoms with Crippen LogP contribution in [0.5, 0.6) is 0 Å². The molecular weight excluding hydrogens is 380 g/mol. The van der Waals surface area contributed by atoms with Crippen molar-refractivity contribution < 1.29 is 15.0 Å². The predicted molar refractivity (Wildman–Crippen MR) is 110 cm³/mol. The van der Waals surface area contributed by atoms with Crippen LogP contribution in [0.2, 0.25) is 5.02 Å². The number of aromatic nitrogens is 1. The minimum atomic E-state index is -1.000. The molecule has 0 bridgehead atoms. The average Bonchev–Trinajstić information content (AvgIpc) is 2.68. The van der Waals surface area contributed by atoms with E-state index in [1.54, 1.807) is 11.0 Å². The fourth-order valence-corrected chi connectivity index (χ4v) is 3.54. The van der Waals surface area contributed by atoms with E-state index in [4.69, 9.17) is 16.7 Å². The summed E-state index contributed by atoms with van der Waals surface area (Å²) in [7, 11) is 0. The third kappa shape index (κ3) is 4.55. The molecule has 0 aliphatic carbocycles. The first-order chi connectivity index (χ1) is 13.4. The monoisotopic (exact) mass is 404 g/mol. The largest absolute Gasteiger partial charge is 0.393 e. The van der Waals surface area contributed by atoms with Crippen molar-refractivity contribution >= 4 is 29.1 Å². The molecule has 150 valence electrons. The lowest BCUT2D eigenvalue weighted by Gasteiger charge is -2.40. The van der Waals surface area contributed by atoms with Crippen LogP contribution < -0.4 is 10.2 Å². The molecule has 1 fully saturated rings. The molecule has 1 aromatic carbocycles. The van der Waals surface area contributed by atoms with Gasteiger partial charge in [-0.3, -0.25) is 0 Å². The van der Waals surface area contributed by atoms with Gasteiger partial charge in [-0.15, -0.1) is 0 Å². The van der Waals surface area contributed by atoms with Gasteiger partial charge in [-0.05, 0) is 32.0 Å². The molecule has 1 saturated heterocycles. The summed E-state index contributed by atoms with van der Waals surface area (Å²) < 4.78 is 0. The molecule has 2 amide bonds. The Kier molecular flexibility index (Phi) is 6.39. The number of hydrogen-bond donors (Lipinski definition) is 3. The summed E-state index contributed by atoms with van der Waals surface area (Å²) in [6.45, 7) is 5.33. The fraction of sp³-hybridized carbons (Fsp3) is 0.400. The van der Waals surface area contributed by atoms with E-state index in [1.165, 1.54) is 6.20 Å². The number of aryl methyl sites for hydroxylation is 1. The standard InChI is InChI=1S/C20H25ClN4O3/c1-13-3-5-16(6-4-13)23-20(28)25-8-7-24(11-14(25)2)19-17(21)9-15(10-22-19)18(27)12-26/h3-6,9-10,14,18,26-27H,7-8,11-12H2,1-2H3,(H,23,28)/t14-,18?/m1/s1. The third-order valence-electron chi connectivity index (χ3n) is 4.89. The number of halogens is 1. The Hall–Kier alpha value is -2.35. The Balaban J connectivity index is 1.64. The number of urea groups is 1. The van der Waals surface area contributed by atoms with Gasteiger partial charge in [0.05, 0.1) is 11.6 Å². The minimum absolute atomic E-state index is 0.0280. The highest BCUT2D eigenvalue weighted by Gasteiger charge is 2.29. The van der Waals surface area contributed by atoms with Crippen LogP contribution in [0.3, 0.4) is 0 Å². The van der Waals surface area contributed by atoms with Crippen molar-refractivity contribution in [3.05, 3.63) is 52.7 Å². The number of piperazine rings is 1. The number of aliphatic hydroxyl groups is 2. The highest BCUT2D eigenvalue weighted by atomic mass is 35.5. The first kappa shape index (κ1) is 20.4. The molecule has 0 saturated carbocycles. The molecule has 0 spiro atoms. The number of nitrogens with zero attached hydrogens (tertiary/aromatic N) is 3. The van der Waals surface area contributed by atoms with Crippen LogP contribution in [0.4, 0.5) is 16.3 Å². The van der Waals surface area contributed by atoms with E-state index >= 15 is 0 Å². The van der Waals surface area contributed by atoms with Crippen LogP contribution in [-0.2, 0) is 0 Å². The second-order valence-electron chi connectivity index (χ2n) is 7.06. The van der Waals surface area contributed by atoms with E-state index in [-0.39, 0.29) is 18.7 Å². The van der Waals surface area contributed by atoms with Gasteiger partial charge in [0, 0.05) is 43.1 Å². The molecule has 28 heavy (non-hydrogen) atoms. The van der Waals surface area contributed by atoms with Crippen molar-refractivity contribution in [2.24, 2.45) is 0 Å². The lowest BCUT2D eigenvalue weighted by Crippen LogP contribution is -2.55. The number of carbonyl (C=O) groups is 1. The van der Waals surface area contributed by atoms with Gasteiger partial charge < -0.3 is 25.3 Å². The third-order valence-corrected chi connectivity index (χ3v) is 5.17. The summed E-state index contributed by atoms with van der Waals surface area (Å²) >= 11 is 6.34. The number of benzene rings is 1. The zero-order chi connectivity index (χ0) is 20.3. The summed E-state index contributed by atoms with van der Waals surface area (Å²) in [5, 5.41) is 22.1. The maximum atomic E-state index is 12.6. The van der Waals surface area contributed by atoms with Crippen LogP contribution in [-0.4, -0.2) is 58.4 Å². The second kappa shape index (κ2) is 8.77. The van der Waals surface area contributed by atoms with Crippen molar-refractivity contribution in [1.29, 1.82) is 0 Å². The molecule has 1 unspecified atom stereocenters. The molecule has 2 atom stereocenters. The van der Waals surface area contributed by atoms with Gasteiger partial charge in [0.2, 0.25) is 0 Å². The number of rotatable bonds is 4. The van der Waals surface area contributed by atoms with Gasteiger partial charge in [-0.2, -0.15) is 0 Å². The Bertz CT molecular complexity index is 831. The van der Waals surface area contributed by atoms with Gasteiger partial charge in [-0.25, -0.2) is 9.78 Å². The Labute approximate surface area is 169 Å². The summed E-state index contributed by atoms with van der Waals surface area (Å²) in [6.07, 6.45) is 0.517. The van der Waals surface area contributed by atoms with E-state index in [0.717, 1.165) is 11.3 Å².